The Morgan fingerprint density at radius 2 is 1.58 bits per heavy atom. The maximum atomic E-state index is 12.7. The molecule has 1 aliphatic carbocycles. The number of alkyl halides is 4. The van der Waals surface area contributed by atoms with Crippen LogP contribution < -0.4 is 5.32 Å². The molecule has 0 radical (unpaired) electrons. The number of nitrogens with one attached hydrogen (secondary N) is 1. The van der Waals surface area contributed by atoms with Crippen molar-refractivity contribution in [3.05, 3.63) is 0 Å². The van der Waals surface area contributed by atoms with Gasteiger partial charge in [-0.3, -0.25) is 0 Å². The molecule has 0 amide bonds. The van der Waals surface area contributed by atoms with E-state index in [1.165, 1.54) is 0 Å². The van der Waals surface area contributed by atoms with Crippen LogP contribution in [0.3, 0.4) is 0 Å². The van der Waals surface area contributed by atoms with Gasteiger partial charge in [-0.2, -0.15) is 8.78 Å². The first kappa shape index (κ1) is 16.7. The third-order valence-electron chi connectivity index (χ3n) is 4.18. The number of rotatable bonds is 5. The second kappa shape index (κ2) is 6.42. The number of hydrogen-bond donors (Lipinski definition) is 1. The van der Waals surface area contributed by atoms with E-state index in [1.807, 2.05) is 0 Å². The molecule has 0 aliphatic heterocycles. The summed E-state index contributed by atoms with van der Waals surface area (Å²) in [6, 6.07) is 0. The third kappa shape index (κ3) is 5.28. The summed E-state index contributed by atoms with van der Waals surface area (Å²) in [7, 11) is 0. The van der Waals surface area contributed by atoms with E-state index < -0.39 is 18.9 Å². The van der Waals surface area contributed by atoms with Gasteiger partial charge in [-0.25, -0.2) is 8.78 Å². The zero-order valence-electron chi connectivity index (χ0n) is 12.0. The predicted octanol–water partition coefficient (Wildman–Crippen LogP) is 4.33. The Kier molecular flexibility index (Phi) is 5.65. The van der Waals surface area contributed by atoms with Gasteiger partial charge in [0.1, 0.15) is 0 Å². The second-order valence-corrected chi connectivity index (χ2v) is 6.78. The van der Waals surface area contributed by atoms with Crippen molar-refractivity contribution in [1.29, 1.82) is 0 Å². The fourth-order valence-corrected chi connectivity index (χ4v) is 2.75. The highest BCUT2D eigenvalue weighted by atomic mass is 19.3. The van der Waals surface area contributed by atoms with Crippen LogP contribution in [0.25, 0.3) is 0 Å². The van der Waals surface area contributed by atoms with Crippen LogP contribution in [-0.2, 0) is 0 Å². The van der Waals surface area contributed by atoms with E-state index in [0.29, 0.717) is 23.8 Å². The van der Waals surface area contributed by atoms with Crippen LogP contribution >= 0.6 is 0 Å². The van der Waals surface area contributed by atoms with E-state index in [4.69, 9.17) is 0 Å². The molecule has 0 aromatic rings. The molecule has 0 unspecified atom stereocenters. The summed E-state index contributed by atoms with van der Waals surface area (Å²) < 4.78 is 49.4. The maximum Gasteiger partial charge on any atom is 0.319 e. The van der Waals surface area contributed by atoms with Crippen molar-refractivity contribution in [2.45, 2.75) is 58.8 Å². The Labute approximate surface area is 113 Å². The van der Waals surface area contributed by atoms with Gasteiger partial charge in [-0.05, 0) is 49.5 Å². The molecule has 0 aromatic heterocycles. The summed E-state index contributed by atoms with van der Waals surface area (Å²) in [5.41, 5.74) is 0.293. The molecule has 0 spiro atoms. The predicted molar refractivity (Wildman–Crippen MR) is 68.7 cm³/mol. The first-order chi connectivity index (χ1) is 8.63. The lowest BCUT2D eigenvalue weighted by Gasteiger charge is -2.37. The molecule has 19 heavy (non-hydrogen) atoms. The summed E-state index contributed by atoms with van der Waals surface area (Å²) in [4.78, 5) is 0. The van der Waals surface area contributed by atoms with Crippen LogP contribution in [0.1, 0.15) is 46.5 Å². The van der Waals surface area contributed by atoms with Gasteiger partial charge in [-0.15, -0.1) is 0 Å². The fourth-order valence-electron chi connectivity index (χ4n) is 2.75. The Morgan fingerprint density at radius 1 is 1.05 bits per heavy atom. The van der Waals surface area contributed by atoms with Gasteiger partial charge in [0.05, 0.1) is 6.54 Å². The van der Waals surface area contributed by atoms with Crippen LogP contribution in [-0.4, -0.2) is 25.4 Å². The van der Waals surface area contributed by atoms with E-state index in [1.54, 1.807) is 0 Å². The van der Waals surface area contributed by atoms with Crippen molar-refractivity contribution in [3.8, 4) is 0 Å². The van der Waals surface area contributed by atoms with Gasteiger partial charge in [0.25, 0.3) is 0 Å². The highest BCUT2D eigenvalue weighted by Crippen LogP contribution is 2.39. The molecule has 1 N–H and O–H groups in total. The molecule has 0 heterocycles. The molecule has 0 atom stereocenters. The molecule has 1 fully saturated rings. The highest BCUT2D eigenvalue weighted by Gasteiger charge is 2.40. The molecule has 1 saturated carbocycles. The topological polar surface area (TPSA) is 12.0 Å². The minimum absolute atomic E-state index is 0.293. The average molecular weight is 283 g/mol. The largest absolute Gasteiger partial charge is 0.319 e. The Hall–Kier alpha value is -0.320. The van der Waals surface area contributed by atoms with Crippen molar-refractivity contribution in [3.63, 3.8) is 0 Å². The second-order valence-electron chi connectivity index (χ2n) is 6.78. The van der Waals surface area contributed by atoms with E-state index in [2.05, 4.69) is 26.1 Å². The normalized spacial score (nSPS) is 25.9. The first-order valence-corrected chi connectivity index (χ1v) is 6.99. The molecule has 0 bridgehead atoms. The third-order valence-corrected chi connectivity index (χ3v) is 4.18. The average Bonchev–Trinajstić information content (AvgIpc) is 2.28. The first-order valence-electron chi connectivity index (χ1n) is 6.99. The quantitative estimate of drug-likeness (QED) is 0.741. The van der Waals surface area contributed by atoms with Crippen LogP contribution in [0.15, 0.2) is 0 Å². The van der Waals surface area contributed by atoms with Gasteiger partial charge in [0, 0.05) is 0 Å². The Bertz CT molecular complexity index is 265. The summed E-state index contributed by atoms with van der Waals surface area (Å²) >= 11 is 0. The van der Waals surface area contributed by atoms with E-state index in [0.717, 1.165) is 25.7 Å². The van der Waals surface area contributed by atoms with Gasteiger partial charge in [-0.1, -0.05) is 20.8 Å². The lowest BCUT2D eigenvalue weighted by Crippen LogP contribution is -2.41. The van der Waals surface area contributed by atoms with Crippen molar-refractivity contribution in [1.82, 2.24) is 5.32 Å². The minimum atomic E-state index is -3.91. The van der Waals surface area contributed by atoms with E-state index in [-0.39, 0.29) is 0 Å². The maximum absolute atomic E-state index is 12.7. The van der Waals surface area contributed by atoms with Crippen LogP contribution in [0.4, 0.5) is 17.6 Å². The smallest absolute Gasteiger partial charge is 0.311 e. The zero-order chi connectivity index (χ0) is 14.7. The van der Waals surface area contributed by atoms with Gasteiger partial charge in [0.2, 0.25) is 0 Å². The molecule has 1 nitrogen and oxygen atoms in total. The van der Waals surface area contributed by atoms with Crippen molar-refractivity contribution in [2.75, 3.05) is 13.1 Å². The summed E-state index contributed by atoms with van der Waals surface area (Å²) in [6.45, 7) is 6.15. The molecular weight excluding hydrogens is 258 g/mol. The highest BCUT2D eigenvalue weighted by molar-refractivity contribution is 4.82. The van der Waals surface area contributed by atoms with Gasteiger partial charge < -0.3 is 5.32 Å². The summed E-state index contributed by atoms with van der Waals surface area (Å²) in [5.74, 6) is -2.90. The summed E-state index contributed by atoms with van der Waals surface area (Å²) in [5, 5.41) is 2.50. The Morgan fingerprint density at radius 3 is 2.00 bits per heavy atom. The molecule has 1 rings (SSSR count). The van der Waals surface area contributed by atoms with Crippen molar-refractivity contribution in [2.24, 2.45) is 17.3 Å². The molecule has 114 valence electrons. The summed E-state index contributed by atoms with van der Waals surface area (Å²) in [6.07, 6.45) is 0.601. The van der Waals surface area contributed by atoms with Crippen LogP contribution in [0, 0.1) is 17.3 Å². The van der Waals surface area contributed by atoms with E-state index >= 15 is 0 Å². The fraction of sp³-hybridized carbons (Fsp3) is 1.00. The van der Waals surface area contributed by atoms with Gasteiger partial charge >= 0.3 is 12.3 Å². The zero-order valence-corrected chi connectivity index (χ0v) is 12.0. The number of hydrogen-bond acceptors (Lipinski definition) is 1. The molecule has 0 saturated heterocycles. The van der Waals surface area contributed by atoms with E-state index in [9.17, 15) is 17.6 Å². The van der Waals surface area contributed by atoms with Crippen molar-refractivity contribution < 1.29 is 17.6 Å². The van der Waals surface area contributed by atoms with Crippen LogP contribution in [0.5, 0.6) is 0 Å². The van der Waals surface area contributed by atoms with Gasteiger partial charge in [0.15, 0.2) is 0 Å². The SMILES string of the molecule is CC(C)(C)C1CCC(CNCC(F)(F)C(F)F)CC1. The molecule has 1 aliphatic rings. The van der Waals surface area contributed by atoms with Crippen molar-refractivity contribution >= 4 is 0 Å². The lowest BCUT2D eigenvalue weighted by atomic mass is 9.70. The number of halogens is 4. The molecule has 0 aromatic carbocycles. The molecular formula is C14H25F4N. The monoisotopic (exact) mass is 283 g/mol. The minimum Gasteiger partial charge on any atom is -0.311 e. The Balaban J connectivity index is 2.24. The lowest BCUT2D eigenvalue weighted by molar-refractivity contribution is -0.125. The molecule has 5 heteroatoms. The standard InChI is InChI=1S/C14H25F4N/c1-13(2,3)11-6-4-10(5-7-11)8-19-9-14(17,18)12(15)16/h10-12,19H,4-9H2,1-3H3. The van der Waals surface area contributed by atoms with Crippen LogP contribution in [0.2, 0.25) is 0 Å².